The van der Waals surface area contributed by atoms with Crippen molar-refractivity contribution in [2.45, 2.75) is 26.2 Å². The van der Waals surface area contributed by atoms with Gasteiger partial charge in [0.1, 0.15) is 5.15 Å². The van der Waals surface area contributed by atoms with Gasteiger partial charge in [-0.2, -0.15) is 0 Å². The van der Waals surface area contributed by atoms with Crippen LogP contribution in [0, 0.1) is 0 Å². The molecule has 0 amide bonds. The molecule has 0 aliphatic carbocycles. The van der Waals surface area contributed by atoms with Crippen LogP contribution in [-0.4, -0.2) is 9.97 Å². The molecule has 0 saturated heterocycles. The minimum absolute atomic E-state index is 0.130. The molecule has 1 aromatic carbocycles. The number of rotatable bonds is 1. The minimum Gasteiger partial charge on any atom is -0.232 e. The Morgan fingerprint density at radius 1 is 0.947 bits per heavy atom. The standard InChI is InChI=1S/C14H13Cl3N2/c1-14(2,3)10-7-11(17)19-13(18-10)12-8(15)5-4-6-9(12)16/h4-7H,1-3H3. The number of hydrogen-bond acceptors (Lipinski definition) is 2. The van der Waals surface area contributed by atoms with E-state index in [0.717, 1.165) is 5.69 Å². The van der Waals surface area contributed by atoms with Gasteiger partial charge in [-0.3, -0.25) is 0 Å². The zero-order chi connectivity index (χ0) is 14.2. The predicted octanol–water partition coefficient (Wildman–Crippen LogP) is 5.40. The van der Waals surface area contributed by atoms with E-state index >= 15 is 0 Å². The van der Waals surface area contributed by atoms with Crippen LogP contribution in [0.15, 0.2) is 24.3 Å². The maximum absolute atomic E-state index is 6.18. The quantitative estimate of drug-likeness (QED) is 0.658. The normalized spacial score (nSPS) is 11.7. The van der Waals surface area contributed by atoms with Crippen molar-refractivity contribution in [3.05, 3.63) is 45.2 Å². The molecule has 2 rings (SSSR count). The van der Waals surface area contributed by atoms with E-state index < -0.39 is 0 Å². The van der Waals surface area contributed by atoms with Crippen LogP contribution in [0.1, 0.15) is 26.5 Å². The van der Waals surface area contributed by atoms with Gasteiger partial charge in [0.15, 0.2) is 5.82 Å². The molecule has 1 aromatic heterocycles. The van der Waals surface area contributed by atoms with Crippen LogP contribution in [0.4, 0.5) is 0 Å². The number of aromatic nitrogens is 2. The van der Waals surface area contributed by atoms with Crippen LogP contribution in [0.25, 0.3) is 11.4 Å². The molecule has 0 N–H and O–H groups in total. The van der Waals surface area contributed by atoms with Crippen molar-refractivity contribution in [2.75, 3.05) is 0 Å². The van der Waals surface area contributed by atoms with Crippen molar-refractivity contribution >= 4 is 34.8 Å². The second kappa shape index (κ2) is 5.28. The fraction of sp³-hybridized carbons (Fsp3) is 0.286. The molecular formula is C14H13Cl3N2. The van der Waals surface area contributed by atoms with Crippen LogP contribution in [-0.2, 0) is 5.41 Å². The Balaban J connectivity index is 2.67. The summed E-state index contributed by atoms with van der Waals surface area (Å²) in [7, 11) is 0. The molecule has 2 nitrogen and oxygen atoms in total. The van der Waals surface area contributed by atoms with Crippen molar-refractivity contribution in [1.29, 1.82) is 0 Å². The summed E-state index contributed by atoms with van der Waals surface area (Å²) in [5.41, 5.74) is 1.33. The first-order chi connectivity index (χ1) is 8.79. The van der Waals surface area contributed by atoms with Crippen LogP contribution < -0.4 is 0 Å². The first-order valence-electron chi connectivity index (χ1n) is 5.78. The van der Waals surface area contributed by atoms with Gasteiger partial charge in [0.25, 0.3) is 0 Å². The molecule has 0 saturated carbocycles. The first-order valence-corrected chi connectivity index (χ1v) is 6.92. The monoisotopic (exact) mass is 314 g/mol. The summed E-state index contributed by atoms with van der Waals surface area (Å²) >= 11 is 18.4. The summed E-state index contributed by atoms with van der Waals surface area (Å²) < 4.78 is 0. The lowest BCUT2D eigenvalue weighted by Crippen LogP contribution is -2.14. The average molecular weight is 316 g/mol. The van der Waals surface area contributed by atoms with E-state index in [-0.39, 0.29) is 5.41 Å². The van der Waals surface area contributed by atoms with Crippen molar-refractivity contribution < 1.29 is 0 Å². The Morgan fingerprint density at radius 3 is 2.05 bits per heavy atom. The van der Waals surface area contributed by atoms with Crippen molar-refractivity contribution in [3.63, 3.8) is 0 Å². The molecule has 0 aliphatic rings. The highest BCUT2D eigenvalue weighted by molar-refractivity contribution is 6.39. The average Bonchev–Trinajstić information content (AvgIpc) is 2.26. The third kappa shape index (κ3) is 3.19. The Hall–Kier alpha value is -0.830. The van der Waals surface area contributed by atoms with Gasteiger partial charge in [0.05, 0.1) is 21.3 Å². The lowest BCUT2D eigenvalue weighted by Gasteiger charge is -2.19. The Kier molecular flexibility index (Phi) is 4.05. The fourth-order valence-corrected chi connectivity index (χ4v) is 2.37. The van der Waals surface area contributed by atoms with Gasteiger partial charge in [0, 0.05) is 5.41 Å². The summed E-state index contributed by atoms with van der Waals surface area (Å²) in [6.07, 6.45) is 0. The Bertz CT molecular complexity index is 598. The minimum atomic E-state index is -0.130. The summed E-state index contributed by atoms with van der Waals surface area (Å²) in [5, 5.41) is 1.40. The maximum atomic E-state index is 6.18. The first kappa shape index (κ1) is 14.6. The van der Waals surface area contributed by atoms with Gasteiger partial charge in [-0.15, -0.1) is 0 Å². The second-order valence-corrected chi connectivity index (χ2v) is 6.45. The maximum Gasteiger partial charge on any atom is 0.164 e. The Morgan fingerprint density at radius 2 is 1.53 bits per heavy atom. The van der Waals surface area contributed by atoms with Gasteiger partial charge in [0.2, 0.25) is 0 Å². The highest BCUT2D eigenvalue weighted by Gasteiger charge is 2.20. The predicted molar refractivity (Wildman–Crippen MR) is 81.2 cm³/mol. The molecular weight excluding hydrogens is 303 g/mol. The lowest BCUT2D eigenvalue weighted by molar-refractivity contribution is 0.568. The van der Waals surface area contributed by atoms with Gasteiger partial charge >= 0.3 is 0 Å². The largest absolute Gasteiger partial charge is 0.232 e. The molecule has 0 bridgehead atoms. The van der Waals surface area contributed by atoms with E-state index in [2.05, 4.69) is 30.7 Å². The van der Waals surface area contributed by atoms with E-state index in [1.165, 1.54) is 0 Å². The van der Waals surface area contributed by atoms with Gasteiger partial charge in [-0.1, -0.05) is 61.6 Å². The van der Waals surface area contributed by atoms with Crippen LogP contribution in [0.5, 0.6) is 0 Å². The summed E-state index contributed by atoms with van der Waals surface area (Å²) in [4.78, 5) is 8.76. The van der Waals surface area contributed by atoms with E-state index in [9.17, 15) is 0 Å². The molecule has 0 atom stereocenters. The third-order valence-electron chi connectivity index (χ3n) is 2.65. The highest BCUT2D eigenvalue weighted by atomic mass is 35.5. The smallest absolute Gasteiger partial charge is 0.164 e. The summed E-state index contributed by atoms with van der Waals surface area (Å²) in [6, 6.07) is 7.05. The molecule has 19 heavy (non-hydrogen) atoms. The van der Waals surface area contributed by atoms with E-state index in [0.29, 0.717) is 26.6 Å². The second-order valence-electron chi connectivity index (χ2n) is 5.25. The number of benzene rings is 1. The molecule has 0 unspecified atom stereocenters. The molecule has 0 radical (unpaired) electrons. The molecule has 100 valence electrons. The van der Waals surface area contributed by atoms with Gasteiger partial charge in [-0.25, -0.2) is 9.97 Å². The van der Waals surface area contributed by atoms with E-state index in [4.69, 9.17) is 34.8 Å². The molecule has 2 aromatic rings. The molecule has 0 fully saturated rings. The van der Waals surface area contributed by atoms with Crippen molar-refractivity contribution in [3.8, 4) is 11.4 Å². The zero-order valence-electron chi connectivity index (χ0n) is 10.8. The summed E-state index contributed by atoms with van der Waals surface area (Å²) in [6.45, 7) is 6.18. The topological polar surface area (TPSA) is 25.8 Å². The highest BCUT2D eigenvalue weighted by Crippen LogP contribution is 2.34. The fourth-order valence-electron chi connectivity index (χ4n) is 1.63. The SMILES string of the molecule is CC(C)(C)c1cc(Cl)nc(-c2c(Cl)cccc2Cl)n1. The van der Waals surface area contributed by atoms with Crippen LogP contribution in [0.2, 0.25) is 15.2 Å². The molecule has 0 aliphatic heterocycles. The number of halogens is 3. The lowest BCUT2D eigenvalue weighted by atomic mass is 9.92. The summed E-state index contributed by atoms with van der Waals surface area (Å²) in [5.74, 6) is 0.452. The molecule has 5 heteroatoms. The van der Waals surface area contributed by atoms with Crippen molar-refractivity contribution in [2.24, 2.45) is 0 Å². The zero-order valence-corrected chi connectivity index (χ0v) is 13.1. The van der Waals surface area contributed by atoms with Crippen molar-refractivity contribution in [1.82, 2.24) is 9.97 Å². The van der Waals surface area contributed by atoms with Crippen LogP contribution in [0.3, 0.4) is 0 Å². The van der Waals surface area contributed by atoms with Crippen LogP contribution >= 0.6 is 34.8 Å². The molecule has 1 heterocycles. The van der Waals surface area contributed by atoms with E-state index in [1.54, 1.807) is 24.3 Å². The van der Waals surface area contributed by atoms with E-state index in [1.807, 2.05) is 0 Å². The van der Waals surface area contributed by atoms with Gasteiger partial charge < -0.3 is 0 Å². The third-order valence-corrected chi connectivity index (χ3v) is 3.47. The number of hydrogen-bond donors (Lipinski definition) is 0. The molecule has 0 spiro atoms. The number of nitrogens with zero attached hydrogens (tertiary/aromatic N) is 2. The Labute approximate surface area is 127 Å². The van der Waals surface area contributed by atoms with Gasteiger partial charge in [-0.05, 0) is 18.2 Å².